The van der Waals surface area contributed by atoms with Crippen LogP contribution in [-0.4, -0.2) is 0 Å². The van der Waals surface area contributed by atoms with E-state index >= 15 is 0 Å². The molecule has 0 spiro atoms. The Morgan fingerprint density at radius 1 is 1.08 bits per heavy atom. The molecule has 1 heteroatoms. The smallest absolute Gasteiger partial charge is 0.00601 e. The van der Waals surface area contributed by atoms with Gasteiger partial charge in [0.05, 0.1) is 0 Å². The molecular weight excluding hydrogens is 221 g/mol. The molecule has 0 aliphatic rings. The molecule has 0 nitrogen and oxygen atoms in total. The van der Waals surface area contributed by atoms with Gasteiger partial charge in [-0.25, -0.2) is 0 Å². The molecule has 0 aromatic rings. The van der Waals surface area contributed by atoms with Crippen molar-refractivity contribution >= 4 is 0 Å². The summed E-state index contributed by atoms with van der Waals surface area (Å²) in [5, 5.41) is 0. The van der Waals surface area contributed by atoms with Crippen molar-refractivity contribution in [2.45, 2.75) is 33.6 Å². The second-order valence-corrected chi connectivity index (χ2v) is 1.49. The summed E-state index contributed by atoms with van der Waals surface area (Å²) in [5.41, 5.74) is 0. The number of rotatable bonds is 0. The van der Waals surface area contributed by atoms with Crippen molar-refractivity contribution < 1.29 is 32.7 Å². The maximum Gasteiger partial charge on any atom is 0.00601 e. The van der Waals surface area contributed by atoms with Crippen LogP contribution in [0.15, 0.2) is 0 Å². The molecule has 0 aliphatic carbocycles. The van der Waals surface area contributed by atoms with Gasteiger partial charge in [-0.2, -0.15) is 6.92 Å². The first-order chi connectivity index (χ1) is 4.83. The largest absolute Gasteiger partial charge is 0.358 e. The average molecular weight is 239 g/mol. The van der Waals surface area contributed by atoms with Crippen LogP contribution in [-0.2, 0) is 32.7 Å². The van der Waals surface area contributed by atoms with Gasteiger partial charge in [0.25, 0.3) is 0 Å². The minimum atomic E-state index is 0. The zero-order valence-corrected chi connectivity index (χ0v) is 11.5. The van der Waals surface area contributed by atoms with Gasteiger partial charge in [0, 0.05) is 39.1 Å². The van der Waals surface area contributed by atoms with E-state index in [-0.39, 0.29) is 40.1 Å². The van der Waals surface area contributed by atoms with Crippen molar-refractivity contribution in [1.29, 1.82) is 0 Å². The second-order valence-electron chi connectivity index (χ2n) is 1.49. The van der Waals surface area contributed by atoms with Crippen LogP contribution in [0.1, 0.15) is 33.6 Å². The monoisotopic (exact) mass is 239 g/mol. The van der Waals surface area contributed by atoms with Crippen molar-refractivity contribution in [2.24, 2.45) is 0 Å². The van der Waals surface area contributed by atoms with Crippen molar-refractivity contribution in [1.82, 2.24) is 0 Å². The van der Waals surface area contributed by atoms with Gasteiger partial charge in [0.1, 0.15) is 0 Å². The zero-order valence-electron chi connectivity index (χ0n) is 8.70. The van der Waals surface area contributed by atoms with E-state index in [0.717, 1.165) is 12.8 Å². The van der Waals surface area contributed by atoms with Crippen molar-refractivity contribution in [3.8, 4) is 23.7 Å². The molecule has 0 bridgehead atoms. The van der Waals surface area contributed by atoms with Gasteiger partial charge in [-0.05, 0) is 6.92 Å². The van der Waals surface area contributed by atoms with E-state index in [0.29, 0.717) is 0 Å². The van der Waals surface area contributed by atoms with Crippen LogP contribution >= 0.6 is 0 Å². The van der Waals surface area contributed by atoms with E-state index in [4.69, 9.17) is 0 Å². The van der Waals surface area contributed by atoms with Gasteiger partial charge >= 0.3 is 0 Å². The summed E-state index contributed by atoms with van der Waals surface area (Å²) >= 11 is 0. The van der Waals surface area contributed by atoms with Crippen molar-refractivity contribution in [3.63, 3.8) is 0 Å². The molecule has 0 saturated carbocycles. The first-order valence-corrected chi connectivity index (χ1v) is 3.47. The van der Waals surface area contributed by atoms with Gasteiger partial charge in [-0.3, -0.25) is 5.92 Å². The first kappa shape index (κ1) is 22.7. The van der Waals surface area contributed by atoms with Gasteiger partial charge in [-0.15, -0.1) is 11.8 Å². The number of hydrogen-bond acceptors (Lipinski definition) is 0. The standard InChI is InChI=1S/C5H8.C5H7.CH3.Y/c2*1-3-5-4-2;;/h3H2,1-2H3;1,4H2,2H3;1H3;/q;2*-1;. The Hall–Kier alpha value is 0.0939. The fourth-order valence-electron chi connectivity index (χ4n) is 0.302. The predicted molar refractivity (Wildman–Crippen MR) is 53.6 cm³/mol. The van der Waals surface area contributed by atoms with Crippen molar-refractivity contribution in [3.05, 3.63) is 14.4 Å². The van der Waals surface area contributed by atoms with Gasteiger partial charge < -0.3 is 13.3 Å². The molecule has 0 N–H and O–H groups in total. The van der Waals surface area contributed by atoms with Crippen LogP contribution in [0.4, 0.5) is 0 Å². The average Bonchev–Trinajstić information content (AvgIpc) is 1.93. The quantitative estimate of drug-likeness (QED) is 0.450. The molecule has 0 amide bonds. The summed E-state index contributed by atoms with van der Waals surface area (Å²) < 4.78 is 0. The summed E-state index contributed by atoms with van der Waals surface area (Å²) in [4.78, 5) is 0. The third-order valence-corrected chi connectivity index (χ3v) is 0.655. The predicted octanol–water partition coefficient (Wildman–Crippen LogP) is 3.10. The topological polar surface area (TPSA) is 0 Å². The molecule has 12 heavy (non-hydrogen) atoms. The molecule has 0 unspecified atom stereocenters. The van der Waals surface area contributed by atoms with Crippen LogP contribution in [0.25, 0.3) is 0 Å². The summed E-state index contributed by atoms with van der Waals surface area (Å²) in [6.07, 6.45) is 1.90. The third kappa shape index (κ3) is 49.8. The molecule has 1 radical (unpaired) electrons. The maximum atomic E-state index is 3.31. The fraction of sp³-hybridized carbons (Fsp3) is 0.455. The van der Waals surface area contributed by atoms with Gasteiger partial charge in [0.15, 0.2) is 0 Å². The summed E-state index contributed by atoms with van der Waals surface area (Å²) in [5.74, 6) is 10.9. The van der Waals surface area contributed by atoms with Crippen LogP contribution in [0.5, 0.6) is 0 Å². The van der Waals surface area contributed by atoms with Crippen LogP contribution in [0.2, 0.25) is 0 Å². The Morgan fingerprint density at radius 3 is 1.50 bits per heavy atom. The van der Waals surface area contributed by atoms with E-state index < -0.39 is 0 Å². The minimum absolute atomic E-state index is 0. The molecule has 0 heterocycles. The summed E-state index contributed by atoms with van der Waals surface area (Å²) in [6.45, 7) is 9.20. The van der Waals surface area contributed by atoms with Crippen LogP contribution in [0.3, 0.4) is 0 Å². The maximum absolute atomic E-state index is 3.31. The third-order valence-electron chi connectivity index (χ3n) is 0.655. The Kier molecular flexibility index (Phi) is 57.6. The molecule has 0 aromatic carbocycles. The molecule has 0 rings (SSSR count). The van der Waals surface area contributed by atoms with Crippen LogP contribution < -0.4 is 0 Å². The molecular formula is C11H18Y-2. The van der Waals surface area contributed by atoms with Gasteiger partial charge in [0.2, 0.25) is 0 Å². The van der Waals surface area contributed by atoms with E-state index in [1.165, 1.54) is 0 Å². The van der Waals surface area contributed by atoms with E-state index in [2.05, 4.69) is 30.6 Å². The molecule has 0 fully saturated rings. The number of hydrogen-bond donors (Lipinski definition) is 0. The Labute approximate surface area is 104 Å². The summed E-state index contributed by atoms with van der Waals surface area (Å²) in [7, 11) is 0. The first-order valence-electron chi connectivity index (χ1n) is 3.47. The second kappa shape index (κ2) is 30.4. The Morgan fingerprint density at radius 2 is 1.50 bits per heavy atom. The van der Waals surface area contributed by atoms with Crippen LogP contribution in [0, 0.1) is 38.0 Å². The van der Waals surface area contributed by atoms with E-state index in [9.17, 15) is 0 Å². The zero-order chi connectivity index (χ0) is 8.24. The normalized spacial score (nSPS) is 4.25. The molecule has 0 aromatic heterocycles. The Bertz CT molecular complexity index is 129. The molecule has 0 saturated heterocycles. The minimum Gasteiger partial charge on any atom is -0.358 e. The molecule has 0 atom stereocenters. The molecule has 67 valence electrons. The molecule has 0 aliphatic heterocycles. The SMILES string of the molecule is CC#CCC.[CH2-]C#CCC.[CH3-].[Y]. The van der Waals surface area contributed by atoms with Gasteiger partial charge in [-0.1, -0.05) is 20.3 Å². The van der Waals surface area contributed by atoms with E-state index in [1.54, 1.807) is 0 Å². The van der Waals surface area contributed by atoms with E-state index in [1.807, 2.05) is 20.8 Å². The Balaban J connectivity index is -0.0000000457. The fourth-order valence-corrected chi connectivity index (χ4v) is 0.302. The van der Waals surface area contributed by atoms with Crippen molar-refractivity contribution in [2.75, 3.05) is 0 Å². The summed E-state index contributed by atoms with van der Waals surface area (Å²) in [6, 6.07) is 0.